The standard InChI is InChI=1S/C14H11ClN2S/c15-12-4-2-1-3-10(12)7-14-16-8-13(17-14)11-5-6-18-9-11/h1-6,8-9H,7H2,(H,16,17). The van der Waals surface area contributed by atoms with Crippen molar-refractivity contribution in [1.82, 2.24) is 9.97 Å². The first-order valence-corrected chi connectivity index (χ1v) is 6.95. The predicted octanol–water partition coefficient (Wildman–Crippen LogP) is 4.38. The summed E-state index contributed by atoms with van der Waals surface area (Å²) in [5, 5.41) is 4.93. The van der Waals surface area contributed by atoms with E-state index in [9.17, 15) is 0 Å². The zero-order valence-corrected chi connectivity index (χ0v) is 11.1. The molecule has 2 heterocycles. The molecule has 0 bridgehead atoms. The van der Waals surface area contributed by atoms with Crippen LogP contribution in [0.15, 0.2) is 47.3 Å². The van der Waals surface area contributed by atoms with Crippen molar-refractivity contribution in [2.24, 2.45) is 0 Å². The van der Waals surface area contributed by atoms with Gasteiger partial charge in [-0.15, -0.1) is 0 Å². The lowest BCUT2D eigenvalue weighted by molar-refractivity contribution is 1.03. The number of imidazole rings is 1. The molecule has 0 unspecified atom stereocenters. The molecule has 3 rings (SSSR count). The van der Waals surface area contributed by atoms with Crippen molar-refractivity contribution in [2.75, 3.05) is 0 Å². The minimum Gasteiger partial charge on any atom is -0.348 e. The van der Waals surface area contributed by atoms with E-state index in [-0.39, 0.29) is 0 Å². The van der Waals surface area contributed by atoms with Gasteiger partial charge in [0.1, 0.15) is 5.82 Å². The molecule has 0 aliphatic heterocycles. The van der Waals surface area contributed by atoms with Crippen LogP contribution in [-0.4, -0.2) is 9.97 Å². The van der Waals surface area contributed by atoms with E-state index in [1.54, 1.807) is 11.3 Å². The second-order valence-corrected chi connectivity index (χ2v) is 5.20. The van der Waals surface area contributed by atoms with Gasteiger partial charge in [0.25, 0.3) is 0 Å². The summed E-state index contributed by atoms with van der Waals surface area (Å²) in [6, 6.07) is 9.92. The number of hydrogen-bond acceptors (Lipinski definition) is 2. The largest absolute Gasteiger partial charge is 0.348 e. The van der Waals surface area contributed by atoms with Gasteiger partial charge >= 0.3 is 0 Å². The maximum Gasteiger partial charge on any atom is 0.111 e. The van der Waals surface area contributed by atoms with Crippen LogP contribution in [0.4, 0.5) is 0 Å². The highest BCUT2D eigenvalue weighted by atomic mass is 35.5. The third-order valence-corrected chi connectivity index (χ3v) is 3.82. The molecule has 1 N–H and O–H groups in total. The van der Waals surface area contributed by atoms with Gasteiger partial charge in [-0.3, -0.25) is 0 Å². The molecule has 0 saturated heterocycles. The first kappa shape index (κ1) is 11.5. The van der Waals surface area contributed by atoms with E-state index >= 15 is 0 Å². The number of H-pyrrole nitrogens is 1. The van der Waals surface area contributed by atoms with Crippen LogP contribution >= 0.6 is 22.9 Å². The highest BCUT2D eigenvalue weighted by Gasteiger charge is 2.06. The molecule has 1 aromatic carbocycles. The highest BCUT2D eigenvalue weighted by Crippen LogP contribution is 2.22. The molecule has 0 spiro atoms. The molecule has 2 nitrogen and oxygen atoms in total. The summed E-state index contributed by atoms with van der Waals surface area (Å²) in [7, 11) is 0. The van der Waals surface area contributed by atoms with E-state index in [1.165, 1.54) is 0 Å². The number of nitrogens with zero attached hydrogens (tertiary/aromatic N) is 1. The van der Waals surface area contributed by atoms with Gasteiger partial charge in [-0.1, -0.05) is 29.8 Å². The van der Waals surface area contributed by atoms with Gasteiger partial charge in [0.15, 0.2) is 0 Å². The Morgan fingerprint density at radius 2 is 2.11 bits per heavy atom. The number of thiophene rings is 1. The van der Waals surface area contributed by atoms with Gasteiger partial charge in [-0.25, -0.2) is 4.98 Å². The average Bonchev–Trinajstić information content (AvgIpc) is 3.02. The van der Waals surface area contributed by atoms with Crippen molar-refractivity contribution >= 4 is 22.9 Å². The zero-order valence-electron chi connectivity index (χ0n) is 9.56. The fraction of sp³-hybridized carbons (Fsp3) is 0.0714. The van der Waals surface area contributed by atoms with E-state index in [1.807, 2.05) is 30.5 Å². The second-order valence-electron chi connectivity index (χ2n) is 4.01. The maximum absolute atomic E-state index is 6.14. The third-order valence-electron chi connectivity index (χ3n) is 2.76. The maximum atomic E-state index is 6.14. The molecule has 0 atom stereocenters. The normalized spacial score (nSPS) is 10.7. The van der Waals surface area contributed by atoms with E-state index in [0.29, 0.717) is 0 Å². The summed E-state index contributed by atoms with van der Waals surface area (Å²) in [6.45, 7) is 0. The molecule has 4 heteroatoms. The molecule has 2 aromatic heterocycles. The lowest BCUT2D eigenvalue weighted by atomic mass is 10.1. The highest BCUT2D eigenvalue weighted by molar-refractivity contribution is 7.08. The quantitative estimate of drug-likeness (QED) is 0.754. The van der Waals surface area contributed by atoms with Crippen LogP contribution in [0.3, 0.4) is 0 Å². The van der Waals surface area contributed by atoms with Crippen LogP contribution in [0, 0.1) is 0 Å². The Bertz CT molecular complexity index is 643. The number of benzene rings is 1. The van der Waals surface area contributed by atoms with Crippen molar-refractivity contribution in [3.05, 3.63) is 63.7 Å². The Morgan fingerprint density at radius 1 is 1.22 bits per heavy atom. The molecular weight excluding hydrogens is 264 g/mol. The van der Waals surface area contributed by atoms with Crippen LogP contribution in [0.1, 0.15) is 11.4 Å². The van der Waals surface area contributed by atoms with Crippen LogP contribution in [0.5, 0.6) is 0 Å². The fourth-order valence-corrected chi connectivity index (χ4v) is 2.68. The van der Waals surface area contributed by atoms with Crippen LogP contribution in [0.2, 0.25) is 5.02 Å². The van der Waals surface area contributed by atoms with Crippen molar-refractivity contribution in [3.8, 4) is 11.3 Å². The molecule has 18 heavy (non-hydrogen) atoms. The summed E-state index contributed by atoms with van der Waals surface area (Å²) in [4.78, 5) is 7.79. The SMILES string of the molecule is Clc1ccccc1Cc1nc(-c2ccsc2)c[nH]1. The monoisotopic (exact) mass is 274 g/mol. The zero-order chi connectivity index (χ0) is 12.4. The third kappa shape index (κ3) is 2.33. The first-order valence-electron chi connectivity index (χ1n) is 5.63. The Balaban J connectivity index is 1.85. The molecular formula is C14H11ClN2S. The Labute approximate surface area is 114 Å². The van der Waals surface area contributed by atoms with E-state index in [4.69, 9.17) is 11.6 Å². The number of rotatable bonds is 3. The molecule has 90 valence electrons. The van der Waals surface area contributed by atoms with Crippen molar-refractivity contribution < 1.29 is 0 Å². The number of aromatic amines is 1. The number of aromatic nitrogens is 2. The van der Waals surface area contributed by atoms with Gasteiger partial charge in [0.2, 0.25) is 0 Å². The minimum absolute atomic E-state index is 0.726. The van der Waals surface area contributed by atoms with Crippen LogP contribution in [-0.2, 0) is 6.42 Å². The molecule has 3 aromatic rings. The van der Waals surface area contributed by atoms with E-state index in [0.717, 1.165) is 34.1 Å². The first-order chi connectivity index (χ1) is 8.83. The summed E-state index contributed by atoms with van der Waals surface area (Å²) in [5.41, 5.74) is 3.23. The molecule has 0 radical (unpaired) electrons. The fourth-order valence-electron chi connectivity index (χ4n) is 1.83. The smallest absolute Gasteiger partial charge is 0.111 e. The summed E-state index contributed by atoms with van der Waals surface area (Å²) >= 11 is 7.82. The summed E-state index contributed by atoms with van der Waals surface area (Å²) in [5.74, 6) is 0.935. The molecule has 0 saturated carbocycles. The van der Waals surface area contributed by atoms with Crippen molar-refractivity contribution in [3.63, 3.8) is 0 Å². The van der Waals surface area contributed by atoms with Crippen molar-refractivity contribution in [2.45, 2.75) is 6.42 Å². The Kier molecular flexibility index (Phi) is 3.17. The van der Waals surface area contributed by atoms with Gasteiger partial charge in [0.05, 0.1) is 5.69 Å². The predicted molar refractivity (Wildman–Crippen MR) is 76.2 cm³/mol. The molecule has 0 aliphatic carbocycles. The van der Waals surface area contributed by atoms with E-state index in [2.05, 4.69) is 26.8 Å². The topological polar surface area (TPSA) is 28.7 Å². The lowest BCUT2D eigenvalue weighted by Gasteiger charge is -2.00. The molecule has 0 amide bonds. The van der Waals surface area contributed by atoms with Gasteiger partial charge in [-0.05, 0) is 23.1 Å². The molecule has 0 aliphatic rings. The van der Waals surface area contributed by atoms with Gasteiger partial charge in [-0.2, -0.15) is 11.3 Å². The lowest BCUT2D eigenvalue weighted by Crippen LogP contribution is -1.91. The Morgan fingerprint density at radius 3 is 2.89 bits per heavy atom. The Hall–Kier alpha value is -1.58. The van der Waals surface area contributed by atoms with Crippen LogP contribution in [0.25, 0.3) is 11.3 Å². The van der Waals surface area contributed by atoms with E-state index < -0.39 is 0 Å². The average molecular weight is 275 g/mol. The van der Waals surface area contributed by atoms with Gasteiger partial charge in [0, 0.05) is 28.6 Å². The number of hydrogen-bond donors (Lipinski definition) is 1. The van der Waals surface area contributed by atoms with Gasteiger partial charge < -0.3 is 4.98 Å². The summed E-state index contributed by atoms with van der Waals surface area (Å²) < 4.78 is 0. The van der Waals surface area contributed by atoms with Crippen molar-refractivity contribution in [1.29, 1.82) is 0 Å². The summed E-state index contributed by atoms with van der Waals surface area (Å²) in [6.07, 6.45) is 2.66. The van der Waals surface area contributed by atoms with Crippen LogP contribution < -0.4 is 0 Å². The minimum atomic E-state index is 0.726. The number of halogens is 1. The second kappa shape index (κ2) is 4.96. The number of nitrogens with one attached hydrogen (secondary N) is 1. The molecule has 0 fully saturated rings.